The fourth-order valence-corrected chi connectivity index (χ4v) is 3.14. The van der Waals surface area contributed by atoms with Gasteiger partial charge in [-0.05, 0) is 37.4 Å². The van der Waals surface area contributed by atoms with E-state index in [2.05, 4.69) is 15.6 Å². The van der Waals surface area contributed by atoms with Gasteiger partial charge in [0.25, 0.3) is 11.8 Å². The normalized spacial score (nSPS) is 10.2. The number of carbonyl (C=O) groups is 3. The molecule has 0 aliphatic carbocycles. The molecule has 2 heterocycles. The molecule has 8 heteroatoms. The topological polar surface area (TPSA) is 91.4 Å². The summed E-state index contributed by atoms with van der Waals surface area (Å²) in [5.74, 6) is -0.610. The second-order valence-corrected chi connectivity index (χ2v) is 6.34. The van der Waals surface area contributed by atoms with Gasteiger partial charge in [0.05, 0.1) is 5.69 Å². The van der Waals surface area contributed by atoms with Gasteiger partial charge in [0, 0.05) is 44.0 Å². The highest BCUT2D eigenvalue weighted by atomic mass is 32.1. The third-order valence-corrected chi connectivity index (χ3v) is 4.72. The smallest absolute Gasteiger partial charge is 0.263 e. The number of hydrogen-bond donors (Lipinski definition) is 2. The Hall–Kier alpha value is -2.74. The molecule has 0 unspecified atom stereocenters. The van der Waals surface area contributed by atoms with E-state index in [-0.39, 0.29) is 30.7 Å². The van der Waals surface area contributed by atoms with E-state index >= 15 is 0 Å². The zero-order valence-electron chi connectivity index (χ0n) is 14.8. The average molecular weight is 374 g/mol. The number of anilines is 1. The van der Waals surface area contributed by atoms with Crippen LogP contribution in [0.5, 0.6) is 0 Å². The molecule has 2 aromatic rings. The minimum Gasteiger partial charge on any atom is -0.351 e. The number of pyridine rings is 1. The van der Waals surface area contributed by atoms with Crippen LogP contribution in [0.15, 0.2) is 36.0 Å². The highest BCUT2D eigenvalue weighted by molar-refractivity contribution is 7.12. The molecule has 3 amide bonds. The van der Waals surface area contributed by atoms with E-state index in [4.69, 9.17) is 0 Å². The standard InChI is InChI=1S/C18H22N4O3S/c1-3-22(4-2)15(23)7-11-20-18(25)16-14(8-12-26-16)21-17(24)13-5-9-19-10-6-13/h5-6,8-10,12H,3-4,7,11H2,1-2H3,(H,20,25)(H,21,24). The molecule has 0 bridgehead atoms. The van der Waals surface area contributed by atoms with Crippen molar-refractivity contribution in [3.05, 3.63) is 46.4 Å². The van der Waals surface area contributed by atoms with E-state index in [0.29, 0.717) is 29.2 Å². The molecule has 26 heavy (non-hydrogen) atoms. The molecule has 0 fully saturated rings. The number of carbonyl (C=O) groups excluding carboxylic acids is 3. The minimum absolute atomic E-state index is 0.00712. The van der Waals surface area contributed by atoms with Gasteiger partial charge in [0.2, 0.25) is 5.91 Å². The number of aromatic nitrogens is 1. The van der Waals surface area contributed by atoms with Crippen molar-refractivity contribution in [2.24, 2.45) is 0 Å². The number of nitrogens with one attached hydrogen (secondary N) is 2. The number of amides is 3. The minimum atomic E-state index is -0.309. The summed E-state index contributed by atoms with van der Waals surface area (Å²) in [4.78, 5) is 42.5. The number of thiophene rings is 1. The number of rotatable bonds is 8. The van der Waals surface area contributed by atoms with Gasteiger partial charge in [0.1, 0.15) is 4.88 Å². The van der Waals surface area contributed by atoms with Crippen LogP contribution in [0.4, 0.5) is 5.69 Å². The summed E-state index contributed by atoms with van der Waals surface area (Å²) in [6, 6.07) is 4.88. The van der Waals surface area contributed by atoms with Crippen LogP contribution in [0.1, 0.15) is 40.3 Å². The van der Waals surface area contributed by atoms with Crippen LogP contribution in [-0.2, 0) is 4.79 Å². The Morgan fingerprint density at radius 3 is 2.42 bits per heavy atom. The second-order valence-electron chi connectivity index (χ2n) is 5.43. The zero-order chi connectivity index (χ0) is 18.9. The van der Waals surface area contributed by atoms with Crippen LogP contribution in [-0.4, -0.2) is 47.2 Å². The summed E-state index contributed by atoms with van der Waals surface area (Å²) in [5, 5.41) is 7.20. The molecule has 0 aromatic carbocycles. The van der Waals surface area contributed by atoms with E-state index < -0.39 is 0 Å². The van der Waals surface area contributed by atoms with Crippen LogP contribution >= 0.6 is 11.3 Å². The van der Waals surface area contributed by atoms with Gasteiger partial charge in [-0.3, -0.25) is 19.4 Å². The molecule has 0 spiro atoms. The Bertz CT molecular complexity index is 757. The van der Waals surface area contributed by atoms with E-state index in [1.807, 2.05) is 13.8 Å². The third kappa shape index (κ3) is 5.13. The van der Waals surface area contributed by atoms with E-state index in [1.165, 1.54) is 23.7 Å². The van der Waals surface area contributed by atoms with Crippen LogP contribution in [0.2, 0.25) is 0 Å². The summed E-state index contributed by atoms with van der Waals surface area (Å²) in [6.07, 6.45) is 3.31. The molecule has 2 aromatic heterocycles. The van der Waals surface area contributed by atoms with Crippen molar-refractivity contribution < 1.29 is 14.4 Å². The van der Waals surface area contributed by atoms with Gasteiger partial charge in [-0.2, -0.15) is 0 Å². The van der Waals surface area contributed by atoms with E-state index in [9.17, 15) is 14.4 Å². The van der Waals surface area contributed by atoms with Crippen molar-refractivity contribution in [1.82, 2.24) is 15.2 Å². The Labute approximate surface area is 156 Å². The molecule has 0 atom stereocenters. The third-order valence-electron chi connectivity index (χ3n) is 3.80. The van der Waals surface area contributed by atoms with Crippen molar-refractivity contribution in [1.29, 1.82) is 0 Å². The first-order chi connectivity index (χ1) is 12.6. The first kappa shape index (κ1) is 19.6. The first-order valence-corrected chi connectivity index (χ1v) is 9.29. The summed E-state index contributed by atoms with van der Waals surface area (Å²) >= 11 is 1.23. The quantitative estimate of drug-likeness (QED) is 0.742. The fraction of sp³-hybridized carbons (Fsp3) is 0.333. The Morgan fingerprint density at radius 1 is 1.08 bits per heavy atom. The average Bonchev–Trinajstić information content (AvgIpc) is 3.11. The van der Waals surface area contributed by atoms with Crippen molar-refractivity contribution in [3.8, 4) is 0 Å². The lowest BCUT2D eigenvalue weighted by atomic mass is 10.2. The van der Waals surface area contributed by atoms with Crippen LogP contribution < -0.4 is 10.6 Å². The molecule has 2 N–H and O–H groups in total. The highest BCUT2D eigenvalue weighted by Crippen LogP contribution is 2.22. The van der Waals surface area contributed by atoms with Crippen molar-refractivity contribution in [2.45, 2.75) is 20.3 Å². The van der Waals surface area contributed by atoms with Gasteiger partial charge < -0.3 is 15.5 Å². The molecule has 7 nitrogen and oxygen atoms in total. The number of nitrogens with zero attached hydrogens (tertiary/aromatic N) is 2. The van der Waals surface area contributed by atoms with Gasteiger partial charge in [-0.1, -0.05) is 0 Å². The summed E-state index contributed by atoms with van der Waals surface area (Å²) in [7, 11) is 0. The lowest BCUT2D eigenvalue weighted by Gasteiger charge is -2.18. The SMILES string of the molecule is CCN(CC)C(=O)CCNC(=O)c1sccc1NC(=O)c1ccncc1. The van der Waals surface area contributed by atoms with Crippen LogP contribution in [0, 0.1) is 0 Å². The summed E-state index contributed by atoms with van der Waals surface area (Å²) < 4.78 is 0. The van der Waals surface area contributed by atoms with E-state index in [1.54, 1.807) is 28.5 Å². The molecular formula is C18H22N4O3S. The summed E-state index contributed by atoms with van der Waals surface area (Å²) in [5.41, 5.74) is 0.909. The molecule has 2 rings (SSSR count). The maximum atomic E-state index is 12.3. The zero-order valence-corrected chi connectivity index (χ0v) is 15.6. The lowest BCUT2D eigenvalue weighted by molar-refractivity contribution is -0.130. The first-order valence-electron chi connectivity index (χ1n) is 8.41. The second kappa shape index (κ2) is 9.67. The largest absolute Gasteiger partial charge is 0.351 e. The monoisotopic (exact) mass is 374 g/mol. The maximum absolute atomic E-state index is 12.3. The molecule has 0 saturated carbocycles. The molecule has 0 aliphatic heterocycles. The summed E-state index contributed by atoms with van der Waals surface area (Å²) in [6.45, 7) is 5.40. The molecule has 0 radical (unpaired) electrons. The van der Waals surface area contributed by atoms with E-state index in [0.717, 1.165) is 0 Å². The van der Waals surface area contributed by atoms with Crippen molar-refractivity contribution in [3.63, 3.8) is 0 Å². The van der Waals surface area contributed by atoms with Crippen molar-refractivity contribution in [2.75, 3.05) is 25.0 Å². The predicted octanol–water partition coefficient (Wildman–Crippen LogP) is 2.38. The Balaban J connectivity index is 1.92. The highest BCUT2D eigenvalue weighted by Gasteiger charge is 2.16. The number of hydrogen-bond acceptors (Lipinski definition) is 5. The van der Waals surface area contributed by atoms with Crippen LogP contribution in [0.25, 0.3) is 0 Å². The molecule has 138 valence electrons. The van der Waals surface area contributed by atoms with Crippen LogP contribution in [0.3, 0.4) is 0 Å². The molecular weight excluding hydrogens is 352 g/mol. The van der Waals surface area contributed by atoms with Gasteiger partial charge in [-0.15, -0.1) is 11.3 Å². The fourth-order valence-electron chi connectivity index (χ4n) is 2.38. The lowest BCUT2D eigenvalue weighted by Crippen LogP contribution is -2.34. The van der Waals surface area contributed by atoms with Gasteiger partial charge >= 0.3 is 0 Å². The molecule has 0 saturated heterocycles. The Kier molecular flexibility index (Phi) is 7.28. The van der Waals surface area contributed by atoms with Gasteiger partial charge in [-0.25, -0.2) is 0 Å². The maximum Gasteiger partial charge on any atom is 0.263 e. The molecule has 0 aliphatic rings. The van der Waals surface area contributed by atoms with Gasteiger partial charge in [0.15, 0.2) is 0 Å². The Morgan fingerprint density at radius 2 is 1.77 bits per heavy atom. The van der Waals surface area contributed by atoms with Crippen molar-refractivity contribution >= 4 is 34.7 Å². The predicted molar refractivity (Wildman–Crippen MR) is 101 cm³/mol.